The Morgan fingerprint density at radius 2 is 1.65 bits per heavy atom. The van der Waals surface area contributed by atoms with E-state index in [1.807, 2.05) is 0 Å². The number of aliphatic carboxylic acids is 1. The molecule has 17 heavy (non-hydrogen) atoms. The second-order valence-electron chi connectivity index (χ2n) is 3.47. The third kappa shape index (κ3) is 3.30. The maximum atomic E-state index is 11.6. The number of carbonyl (C=O) groups excluding carboxylic acids is 2. The van der Waals surface area contributed by atoms with Crippen LogP contribution in [0.2, 0.25) is 0 Å². The molecule has 0 spiro atoms. The van der Waals surface area contributed by atoms with Crippen LogP contribution < -0.4 is 11.1 Å². The molecular weight excluding hydrogens is 224 g/mol. The third-order valence-corrected chi connectivity index (χ3v) is 2.15. The standard InChI is InChI=1S/C11H12N2O4/c1-6(11(16)17)13-10(15)8-4-2-7(3-5-8)9(12)14/h2-6H,1H3,(H2,12,14)(H,13,15)(H,16,17). The van der Waals surface area contributed by atoms with Gasteiger partial charge in [0.05, 0.1) is 0 Å². The lowest BCUT2D eigenvalue weighted by atomic mass is 10.1. The molecule has 1 unspecified atom stereocenters. The first kappa shape index (κ1) is 12.7. The van der Waals surface area contributed by atoms with E-state index in [1.165, 1.54) is 31.2 Å². The Hall–Kier alpha value is -2.37. The minimum Gasteiger partial charge on any atom is -0.480 e. The molecule has 6 nitrogen and oxygen atoms in total. The molecule has 1 aromatic carbocycles. The van der Waals surface area contributed by atoms with Gasteiger partial charge in [-0.1, -0.05) is 0 Å². The van der Waals surface area contributed by atoms with Crippen molar-refractivity contribution in [2.45, 2.75) is 13.0 Å². The Morgan fingerprint density at radius 1 is 1.18 bits per heavy atom. The maximum Gasteiger partial charge on any atom is 0.325 e. The van der Waals surface area contributed by atoms with Gasteiger partial charge in [0, 0.05) is 11.1 Å². The lowest BCUT2D eigenvalue weighted by molar-refractivity contribution is -0.138. The SMILES string of the molecule is CC(NC(=O)c1ccc(C(N)=O)cc1)C(=O)O. The molecule has 90 valence electrons. The smallest absolute Gasteiger partial charge is 0.325 e. The van der Waals surface area contributed by atoms with Gasteiger partial charge in [0.15, 0.2) is 0 Å². The molecule has 0 aliphatic heterocycles. The van der Waals surface area contributed by atoms with E-state index < -0.39 is 23.8 Å². The Bertz CT molecular complexity index is 453. The van der Waals surface area contributed by atoms with Gasteiger partial charge in [-0.25, -0.2) is 0 Å². The third-order valence-electron chi connectivity index (χ3n) is 2.15. The summed E-state index contributed by atoms with van der Waals surface area (Å²) in [5, 5.41) is 10.9. The molecule has 0 fully saturated rings. The van der Waals surface area contributed by atoms with Gasteiger partial charge in [0.1, 0.15) is 6.04 Å². The van der Waals surface area contributed by atoms with E-state index in [0.29, 0.717) is 0 Å². The summed E-state index contributed by atoms with van der Waals surface area (Å²) in [6, 6.07) is 4.65. The quantitative estimate of drug-likeness (QED) is 0.682. The highest BCUT2D eigenvalue weighted by atomic mass is 16.4. The molecule has 0 radical (unpaired) electrons. The van der Waals surface area contributed by atoms with Crippen LogP contribution in [0.3, 0.4) is 0 Å². The van der Waals surface area contributed by atoms with Gasteiger partial charge in [-0.3, -0.25) is 14.4 Å². The molecule has 0 bridgehead atoms. The number of carboxylic acids is 1. The first-order valence-corrected chi connectivity index (χ1v) is 4.85. The van der Waals surface area contributed by atoms with E-state index in [-0.39, 0.29) is 11.1 Å². The van der Waals surface area contributed by atoms with Crippen molar-refractivity contribution >= 4 is 17.8 Å². The van der Waals surface area contributed by atoms with Crippen molar-refractivity contribution in [2.75, 3.05) is 0 Å². The van der Waals surface area contributed by atoms with Crippen molar-refractivity contribution in [1.29, 1.82) is 0 Å². The molecule has 1 aromatic rings. The zero-order chi connectivity index (χ0) is 13.0. The predicted octanol–water partition coefficient (Wildman–Crippen LogP) is -0.0116. The van der Waals surface area contributed by atoms with Crippen LogP contribution in [0.25, 0.3) is 0 Å². The summed E-state index contributed by atoms with van der Waals surface area (Å²) in [5.74, 6) is -2.22. The molecule has 1 rings (SSSR count). The van der Waals surface area contributed by atoms with Crippen LogP contribution in [0.1, 0.15) is 27.6 Å². The van der Waals surface area contributed by atoms with Gasteiger partial charge in [-0.05, 0) is 31.2 Å². The average Bonchev–Trinajstić information content (AvgIpc) is 2.28. The number of nitrogens with two attached hydrogens (primary N) is 1. The van der Waals surface area contributed by atoms with E-state index in [1.54, 1.807) is 0 Å². The van der Waals surface area contributed by atoms with E-state index in [9.17, 15) is 14.4 Å². The van der Waals surface area contributed by atoms with E-state index in [4.69, 9.17) is 10.8 Å². The fourth-order valence-electron chi connectivity index (χ4n) is 1.13. The fourth-order valence-corrected chi connectivity index (χ4v) is 1.13. The molecule has 0 saturated carbocycles. The highest BCUT2D eigenvalue weighted by molar-refractivity contribution is 5.98. The van der Waals surface area contributed by atoms with E-state index >= 15 is 0 Å². The zero-order valence-electron chi connectivity index (χ0n) is 9.14. The normalized spacial score (nSPS) is 11.6. The summed E-state index contributed by atoms with van der Waals surface area (Å²) in [5.41, 5.74) is 5.59. The van der Waals surface area contributed by atoms with Crippen LogP contribution in [-0.4, -0.2) is 28.9 Å². The Kier molecular flexibility index (Phi) is 3.82. The number of primary amides is 1. The van der Waals surface area contributed by atoms with Crippen molar-refractivity contribution in [2.24, 2.45) is 5.73 Å². The molecule has 6 heteroatoms. The number of carboxylic acid groups (broad SMARTS) is 1. The Labute approximate surface area is 97.4 Å². The summed E-state index contributed by atoms with van der Waals surface area (Å²) < 4.78 is 0. The Balaban J connectivity index is 2.77. The number of rotatable bonds is 4. The number of carbonyl (C=O) groups is 3. The van der Waals surface area contributed by atoms with Gasteiger partial charge in [0.2, 0.25) is 5.91 Å². The van der Waals surface area contributed by atoms with Gasteiger partial charge in [0.25, 0.3) is 5.91 Å². The number of hydrogen-bond donors (Lipinski definition) is 3. The van der Waals surface area contributed by atoms with Gasteiger partial charge in [-0.15, -0.1) is 0 Å². The minimum atomic E-state index is -1.12. The van der Waals surface area contributed by atoms with Crippen molar-refractivity contribution in [3.05, 3.63) is 35.4 Å². The van der Waals surface area contributed by atoms with Crippen LogP contribution in [0, 0.1) is 0 Å². The fraction of sp³-hybridized carbons (Fsp3) is 0.182. The molecule has 0 aromatic heterocycles. The zero-order valence-corrected chi connectivity index (χ0v) is 9.14. The molecule has 0 aliphatic rings. The summed E-state index contributed by atoms with van der Waals surface area (Å²) >= 11 is 0. The largest absolute Gasteiger partial charge is 0.480 e. The van der Waals surface area contributed by atoms with Crippen LogP contribution in [0.4, 0.5) is 0 Å². The molecule has 0 saturated heterocycles. The molecule has 4 N–H and O–H groups in total. The van der Waals surface area contributed by atoms with Gasteiger partial charge >= 0.3 is 5.97 Å². The molecule has 2 amide bonds. The summed E-state index contributed by atoms with van der Waals surface area (Å²) in [7, 11) is 0. The number of nitrogens with one attached hydrogen (secondary N) is 1. The van der Waals surface area contributed by atoms with Crippen molar-refractivity contribution in [3.63, 3.8) is 0 Å². The van der Waals surface area contributed by atoms with Gasteiger partial charge in [-0.2, -0.15) is 0 Å². The summed E-state index contributed by atoms with van der Waals surface area (Å²) in [4.78, 5) is 32.9. The first-order valence-electron chi connectivity index (χ1n) is 4.85. The lowest BCUT2D eigenvalue weighted by Gasteiger charge is -2.09. The number of hydrogen-bond acceptors (Lipinski definition) is 3. The highest BCUT2D eigenvalue weighted by Gasteiger charge is 2.15. The van der Waals surface area contributed by atoms with Crippen LogP contribution in [0.5, 0.6) is 0 Å². The minimum absolute atomic E-state index is 0.267. The number of benzene rings is 1. The number of amides is 2. The average molecular weight is 236 g/mol. The highest BCUT2D eigenvalue weighted by Crippen LogP contribution is 2.04. The van der Waals surface area contributed by atoms with Crippen molar-refractivity contribution < 1.29 is 19.5 Å². The Morgan fingerprint density at radius 3 is 2.06 bits per heavy atom. The van der Waals surface area contributed by atoms with Crippen LogP contribution in [-0.2, 0) is 4.79 Å². The predicted molar refractivity (Wildman–Crippen MR) is 59.5 cm³/mol. The first-order chi connectivity index (χ1) is 7.91. The molecule has 0 heterocycles. The van der Waals surface area contributed by atoms with Gasteiger partial charge < -0.3 is 16.2 Å². The monoisotopic (exact) mass is 236 g/mol. The van der Waals surface area contributed by atoms with Crippen molar-refractivity contribution in [3.8, 4) is 0 Å². The van der Waals surface area contributed by atoms with Crippen LogP contribution >= 0.6 is 0 Å². The maximum absolute atomic E-state index is 11.6. The second kappa shape index (κ2) is 5.11. The van der Waals surface area contributed by atoms with Crippen molar-refractivity contribution in [1.82, 2.24) is 5.32 Å². The topological polar surface area (TPSA) is 109 Å². The van der Waals surface area contributed by atoms with E-state index in [2.05, 4.69) is 5.32 Å². The summed E-state index contributed by atoms with van der Waals surface area (Å²) in [6.07, 6.45) is 0. The van der Waals surface area contributed by atoms with Crippen LogP contribution in [0.15, 0.2) is 24.3 Å². The summed E-state index contributed by atoms with van der Waals surface area (Å²) in [6.45, 7) is 1.36. The molecular formula is C11H12N2O4. The molecule has 0 aliphatic carbocycles. The molecule has 1 atom stereocenters. The lowest BCUT2D eigenvalue weighted by Crippen LogP contribution is -2.38. The van der Waals surface area contributed by atoms with E-state index in [0.717, 1.165) is 0 Å². The second-order valence-corrected chi connectivity index (χ2v) is 3.47.